The van der Waals surface area contributed by atoms with Crippen LogP contribution in [-0.2, 0) is 6.18 Å². The maximum Gasteiger partial charge on any atom is 0.417 e. The Hall–Kier alpha value is -2.24. The maximum absolute atomic E-state index is 12.3. The van der Waals surface area contributed by atoms with Gasteiger partial charge in [0.15, 0.2) is 0 Å². The molecule has 0 aliphatic carbocycles. The summed E-state index contributed by atoms with van der Waals surface area (Å²) in [5.41, 5.74) is 5.23. The zero-order valence-corrected chi connectivity index (χ0v) is 9.11. The van der Waals surface area contributed by atoms with Crippen LogP contribution < -0.4 is 10.5 Å². The van der Waals surface area contributed by atoms with E-state index in [1.165, 1.54) is 0 Å². The summed E-state index contributed by atoms with van der Waals surface area (Å²) in [6, 6.07) is 8.61. The number of pyridine rings is 1. The van der Waals surface area contributed by atoms with Crippen molar-refractivity contribution < 1.29 is 17.9 Å². The Balaban J connectivity index is 2.16. The molecule has 0 aliphatic rings. The molecule has 1 aromatic heterocycles. The zero-order valence-electron chi connectivity index (χ0n) is 9.11. The van der Waals surface area contributed by atoms with Gasteiger partial charge >= 0.3 is 6.18 Å². The number of nitrogen functional groups attached to an aromatic ring is 1. The van der Waals surface area contributed by atoms with E-state index in [9.17, 15) is 13.2 Å². The Morgan fingerprint density at radius 2 is 1.89 bits per heavy atom. The van der Waals surface area contributed by atoms with Crippen LogP contribution in [-0.4, -0.2) is 4.98 Å². The van der Waals surface area contributed by atoms with Crippen LogP contribution >= 0.6 is 0 Å². The third-order valence-electron chi connectivity index (χ3n) is 2.14. The van der Waals surface area contributed by atoms with Gasteiger partial charge in [-0.25, -0.2) is 4.98 Å². The number of ether oxygens (including phenoxy) is 1. The predicted molar refractivity (Wildman–Crippen MR) is 60.2 cm³/mol. The standard InChI is InChI=1S/C12H9F3N2O/c13-12(14,15)8-4-5-11(17-7-8)18-10-3-1-2-9(16)6-10/h1-7H,16H2. The number of hydrogen-bond donors (Lipinski definition) is 1. The van der Waals surface area contributed by atoms with E-state index in [1.54, 1.807) is 24.3 Å². The molecule has 2 N–H and O–H groups in total. The van der Waals surface area contributed by atoms with Gasteiger partial charge in [0.25, 0.3) is 0 Å². The summed E-state index contributed by atoms with van der Waals surface area (Å²) in [5.74, 6) is 0.496. The molecule has 1 heterocycles. The molecule has 0 saturated heterocycles. The van der Waals surface area contributed by atoms with Gasteiger partial charge in [0.2, 0.25) is 5.88 Å². The van der Waals surface area contributed by atoms with Crippen LogP contribution in [0.4, 0.5) is 18.9 Å². The van der Waals surface area contributed by atoms with Crippen molar-refractivity contribution >= 4 is 5.69 Å². The molecule has 0 amide bonds. The largest absolute Gasteiger partial charge is 0.439 e. The number of halogens is 3. The van der Waals surface area contributed by atoms with Crippen molar-refractivity contribution in [2.45, 2.75) is 6.18 Å². The molecule has 3 nitrogen and oxygen atoms in total. The monoisotopic (exact) mass is 254 g/mol. The van der Waals surface area contributed by atoms with E-state index in [-0.39, 0.29) is 5.88 Å². The summed E-state index contributed by atoms with van der Waals surface area (Å²) in [5, 5.41) is 0. The summed E-state index contributed by atoms with van der Waals surface area (Å²) >= 11 is 0. The first-order chi connectivity index (χ1) is 8.45. The molecule has 0 atom stereocenters. The van der Waals surface area contributed by atoms with E-state index in [2.05, 4.69) is 4.98 Å². The first-order valence-electron chi connectivity index (χ1n) is 5.02. The molecule has 0 aliphatic heterocycles. The number of anilines is 1. The highest BCUT2D eigenvalue weighted by molar-refractivity contribution is 5.44. The van der Waals surface area contributed by atoms with Crippen molar-refractivity contribution in [3.05, 3.63) is 48.2 Å². The third kappa shape index (κ3) is 2.91. The molecule has 94 valence electrons. The van der Waals surface area contributed by atoms with E-state index in [4.69, 9.17) is 10.5 Å². The van der Waals surface area contributed by atoms with Crippen molar-refractivity contribution in [1.29, 1.82) is 0 Å². The summed E-state index contributed by atoms with van der Waals surface area (Å²) in [7, 11) is 0. The second-order valence-corrected chi connectivity index (χ2v) is 3.56. The number of benzene rings is 1. The maximum atomic E-state index is 12.3. The third-order valence-corrected chi connectivity index (χ3v) is 2.14. The lowest BCUT2D eigenvalue weighted by Crippen LogP contribution is -2.05. The van der Waals surface area contributed by atoms with E-state index in [1.807, 2.05) is 0 Å². The van der Waals surface area contributed by atoms with Gasteiger partial charge in [0.1, 0.15) is 5.75 Å². The smallest absolute Gasteiger partial charge is 0.417 e. The van der Waals surface area contributed by atoms with Crippen LogP contribution in [0.15, 0.2) is 42.6 Å². The fraction of sp³-hybridized carbons (Fsp3) is 0.0833. The SMILES string of the molecule is Nc1cccc(Oc2ccc(C(F)(F)F)cn2)c1. The van der Waals surface area contributed by atoms with E-state index < -0.39 is 11.7 Å². The number of nitrogens with zero attached hydrogens (tertiary/aromatic N) is 1. The molecule has 0 radical (unpaired) electrons. The number of aromatic nitrogens is 1. The molecule has 0 fully saturated rings. The van der Waals surface area contributed by atoms with Gasteiger partial charge in [-0.2, -0.15) is 13.2 Å². The highest BCUT2D eigenvalue weighted by Gasteiger charge is 2.30. The van der Waals surface area contributed by atoms with Gasteiger partial charge < -0.3 is 10.5 Å². The lowest BCUT2D eigenvalue weighted by atomic mass is 10.3. The molecule has 1 aromatic carbocycles. The van der Waals surface area contributed by atoms with Crippen molar-refractivity contribution in [2.75, 3.05) is 5.73 Å². The van der Waals surface area contributed by atoms with E-state index in [0.717, 1.165) is 18.3 Å². The minimum atomic E-state index is -4.40. The molecule has 2 aromatic rings. The molecular weight excluding hydrogens is 245 g/mol. The molecule has 6 heteroatoms. The molecule has 0 saturated carbocycles. The van der Waals surface area contributed by atoms with E-state index in [0.29, 0.717) is 11.4 Å². The Bertz CT molecular complexity index is 538. The van der Waals surface area contributed by atoms with Crippen LogP contribution in [0.3, 0.4) is 0 Å². The Labute approximate surface area is 101 Å². The van der Waals surface area contributed by atoms with Crippen molar-refractivity contribution in [1.82, 2.24) is 4.98 Å². The van der Waals surface area contributed by atoms with Gasteiger partial charge in [0.05, 0.1) is 5.56 Å². The van der Waals surface area contributed by atoms with E-state index >= 15 is 0 Å². The molecule has 18 heavy (non-hydrogen) atoms. The summed E-state index contributed by atoms with van der Waals surface area (Å²) in [4.78, 5) is 3.59. The molecule has 0 unspecified atom stereocenters. The Kier molecular flexibility index (Phi) is 3.10. The minimum Gasteiger partial charge on any atom is -0.439 e. The normalized spacial score (nSPS) is 11.3. The molecule has 0 bridgehead atoms. The van der Waals surface area contributed by atoms with Crippen LogP contribution in [0, 0.1) is 0 Å². The van der Waals surface area contributed by atoms with Crippen molar-refractivity contribution in [3.8, 4) is 11.6 Å². The lowest BCUT2D eigenvalue weighted by molar-refractivity contribution is -0.137. The zero-order chi connectivity index (χ0) is 13.2. The summed E-state index contributed by atoms with van der Waals surface area (Å²) < 4.78 is 42.2. The second kappa shape index (κ2) is 4.56. The summed E-state index contributed by atoms with van der Waals surface area (Å²) in [6.07, 6.45) is -3.68. The first kappa shape index (κ1) is 12.2. The molecular formula is C12H9F3N2O. The van der Waals surface area contributed by atoms with Gasteiger partial charge in [0, 0.05) is 24.0 Å². The quantitative estimate of drug-likeness (QED) is 0.834. The van der Waals surface area contributed by atoms with Gasteiger partial charge in [-0.1, -0.05) is 6.07 Å². The predicted octanol–water partition coefficient (Wildman–Crippen LogP) is 3.47. The van der Waals surface area contributed by atoms with Crippen LogP contribution in [0.25, 0.3) is 0 Å². The Morgan fingerprint density at radius 3 is 2.44 bits per heavy atom. The molecule has 2 rings (SSSR count). The van der Waals surface area contributed by atoms with Crippen molar-refractivity contribution in [2.24, 2.45) is 0 Å². The second-order valence-electron chi connectivity index (χ2n) is 3.56. The van der Waals surface area contributed by atoms with Crippen LogP contribution in [0.5, 0.6) is 11.6 Å². The topological polar surface area (TPSA) is 48.1 Å². The average molecular weight is 254 g/mol. The first-order valence-corrected chi connectivity index (χ1v) is 5.02. The highest BCUT2D eigenvalue weighted by Crippen LogP contribution is 2.30. The highest BCUT2D eigenvalue weighted by atomic mass is 19.4. The van der Waals surface area contributed by atoms with Crippen LogP contribution in [0.1, 0.15) is 5.56 Å². The van der Waals surface area contributed by atoms with Gasteiger partial charge in [-0.05, 0) is 18.2 Å². The minimum absolute atomic E-state index is 0.0774. The lowest BCUT2D eigenvalue weighted by Gasteiger charge is -2.08. The summed E-state index contributed by atoms with van der Waals surface area (Å²) in [6.45, 7) is 0. The Morgan fingerprint density at radius 1 is 1.11 bits per heavy atom. The van der Waals surface area contributed by atoms with Crippen LogP contribution in [0.2, 0.25) is 0 Å². The molecule has 0 spiro atoms. The fourth-order valence-corrected chi connectivity index (χ4v) is 1.31. The average Bonchev–Trinajstić information content (AvgIpc) is 2.28. The number of nitrogens with two attached hydrogens (primary N) is 1. The van der Waals surface area contributed by atoms with Gasteiger partial charge in [-0.3, -0.25) is 0 Å². The number of rotatable bonds is 2. The number of hydrogen-bond acceptors (Lipinski definition) is 3. The van der Waals surface area contributed by atoms with Crippen molar-refractivity contribution in [3.63, 3.8) is 0 Å². The fourth-order valence-electron chi connectivity index (χ4n) is 1.31. The van der Waals surface area contributed by atoms with Gasteiger partial charge in [-0.15, -0.1) is 0 Å². The number of alkyl halides is 3.